The normalized spacial score (nSPS) is 28.9. The number of urea groups is 1. The third-order valence-electron chi connectivity index (χ3n) is 12.5. The number of aliphatic hydroxyl groups is 4. The van der Waals surface area contributed by atoms with Crippen LogP contribution in [0.1, 0.15) is 75.3 Å². The number of rotatable bonds is 10. The Hall–Kier alpha value is -5.47. The zero-order valence-electron chi connectivity index (χ0n) is 33.5. The Balaban J connectivity index is 0.780. The van der Waals surface area contributed by atoms with Crippen LogP contribution >= 0.6 is 23.2 Å². The zero-order chi connectivity index (χ0) is 43.0. The van der Waals surface area contributed by atoms with E-state index in [-0.39, 0.29) is 28.7 Å². The fraction of sp³-hybridized carbons (Fsp3) is 0.629. The lowest BCUT2D eigenvalue weighted by atomic mass is 10.2. The van der Waals surface area contributed by atoms with Crippen LogP contribution in [0.3, 0.4) is 0 Å². The number of imidazole rings is 2. The van der Waals surface area contributed by atoms with Gasteiger partial charge in [-0.3, -0.25) is 0 Å². The molecule has 2 amide bonds. The van der Waals surface area contributed by atoms with Gasteiger partial charge in [-0.1, -0.05) is 13.8 Å². The number of aliphatic hydroxyl groups excluding tert-OH is 4. The maximum atomic E-state index is 13.8. The van der Waals surface area contributed by atoms with E-state index in [1.54, 1.807) is 31.6 Å². The highest BCUT2D eigenvalue weighted by Gasteiger charge is 2.47. The van der Waals surface area contributed by atoms with Crippen LogP contribution in [0.2, 0.25) is 10.6 Å². The first-order valence-corrected chi connectivity index (χ1v) is 21.4. The summed E-state index contributed by atoms with van der Waals surface area (Å²) >= 11 is 12.9. The summed E-state index contributed by atoms with van der Waals surface area (Å²) in [6, 6.07) is -2.83. The average molecular weight is 896 g/mol. The Morgan fingerprint density at radius 2 is 1.08 bits per heavy atom. The number of likely N-dealkylation sites (tertiary alicyclic amines) is 2. The van der Waals surface area contributed by atoms with E-state index in [1.165, 1.54) is 9.59 Å². The van der Waals surface area contributed by atoms with Crippen molar-refractivity contribution in [2.75, 3.05) is 36.8 Å². The van der Waals surface area contributed by atoms with Crippen molar-refractivity contribution in [2.45, 2.75) is 113 Å². The van der Waals surface area contributed by atoms with Gasteiger partial charge < -0.3 is 50.0 Å². The fourth-order valence-electron chi connectivity index (χ4n) is 9.21. The molecule has 62 heavy (non-hydrogen) atoms. The number of amides is 2. The van der Waals surface area contributed by atoms with E-state index < -0.39 is 48.6 Å². The molecule has 6 aromatic rings. The van der Waals surface area contributed by atoms with Crippen LogP contribution in [0, 0.1) is 0 Å². The predicted octanol–water partition coefficient (Wildman–Crippen LogP) is -0.0210. The molecule has 0 spiro atoms. The SMILES string of the molecule is CCc1nnn([C@H]2C[C@@H](n3cnc4c(N[C@@H]5CCN(C(=O)N6CC[C@@H](Nc7nc(Cl)nc8c7ncn8[C@@H]7C[C@H](n8nnc(CC)n8)[C@@H](O)[C@H]7O)C6)C5)nc(Cl)nc43)[C@H](O)[C@@H]2O)n1. The Bertz CT molecular complexity index is 2450. The molecule has 2 aliphatic heterocycles. The quantitative estimate of drug-likeness (QED) is 0.0985. The second-order valence-corrected chi connectivity index (χ2v) is 16.9. The lowest BCUT2D eigenvalue weighted by Crippen LogP contribution is -2.42. The third kappa shape index (κ3) is 7.08. The number of carbonyl (C=O) groups is 1. The standard InChI is InChI=1S/C35H44Cl2N20O5/c1-3-21-46-50-56(48-21)19-9-17(25(58)27(19)60)54-13-38-23-29(42-33(36)44-31(23)54)40-15-5-7-52(11-15)35(62)53-8-6-16(12-53)41-30-24-32(45-34(37)43-30)55(14-39-24)18-10-20(28(61)26(18)59)57-49-22(4-2)47-51-57/h13-20,25-28,58-61H,3-12H2,1-2H3,(H,40,42,44)(H,41,43,45)/t15-,16-,17-,18-,19+,20+,25+,26+,27-,28-/m1/s1. The molecule has 0 bridgehead atoms. The van der Waals surface area contributed by atoms with Crippen LogP contribution < -0.4 is 10.6 Å². The van der Waals surface area contributed by atoms with Crippen molar-refractivity contribution in [3.05, 3.63) is 34.9 Å². The first-order chi connectivity index (χ1) is 30.0. The van der Waals surface area contributed by atoms with Crippen LogP contribution in [-0.2, 0) is 12.8 Å². The van der Waals surface area contributed by atoms with Gasteiger partial charge in [0.2, 0.25) is 10.6 Å². The summed E-state index contributed by atoms with van der Waals surface area (Å²) in [5, 5.41) is 75.7. The number of aryl methyl sites for hydroxylation is 2. The van der Waals surface area contributed by atoms with Crippen LogP contribution in [0.5, 0.6) is 0 Å². The molecule has 6 aromatic heterocycles. The van der Waals surface area contributed by atoms with Gasteiger partial charge in [-0.05, 0) is 59.3 Å². The summed E-state index contributed by atoms with van der Waals surface area (Å²) in [5.74, 6) is 1.87. The zero-order valence-corrected chi connectivity index (χ0v) is 35.0. The first kappa shape index (κ1) is 40.6. The van der Waals surface area contributed by atoms with Gasteiger partial charge in [0.05, 0.1) is 24.7 Å². The lowest BCUT2D eigenvalue weighted by molar-refractivity contribution is 0.00473. The van der Waals surface area contributed by atoms with E-state index in [2.05, 4.69) is 71.4 Å². The topological polar surface area (TPSA) is 303 Å². The minimum atomic E-state index is -1.16. The van der Waals surface area contributed by atoms with Crippen molar-refractivity contribution in [1.29, 1.82) is 0 Å². The molecule has 2 saturated carbocycles. The first-order valence-electron chi connectivity index (χ1n) is 20.6. The Morgan fingerprint density at radius 1 is 0.661 bits per heavy atom. The van der Waals surface area contributed by atoms with Gasteiger partial charge in [-0.2, -0.15) is 29.5 Å². The monoisotopic (exact) mass is 894 g/mol. The molecule has 0 unspecified atom stereocenters. The molecule has 10 atom stereocenters. The molecule has 10 rings (SSSR count). The molecule has 0 aromatic carbocycles. The summed E-state index contributed by atoms with van der Waals surface area (Å²) in [4.78, 5) is 47.0. The highest BCUT2D eigenvalue weighted by molar-refractivity contribution is 6.29. The number of fused-ring (bicyclic) bond motifs is 2. The Labute approximate surface area is 361 Å². The largest absolute Gasteiger partial charge is 0.388 e. The third-order valence-corrected chi connectivity index (χ3v) is 12.8. The second-order valence-electron chi connectivity index (χ2n) is 16.2. The highest BCUT2D eigenvalue weighted by Crippen LogP contribution is 2.41. The molecular formula is C35H44Cl2N20O5. The predicted molar refractivity (Wildman–Crippen MR) is 217 cm³/mol. The number of nitrogens with zero attached hydrogens (tertiary/aromatic N) is 18. The van der Waals surface area contributed by atoms with E-state index in [1.807, 2.05) is 13.8 Å². The van der Waals surface area contributed by atoms with E-state index in [9.17, 15) is 25.2 Å². The number of hydrogen-bond acceptors (Lipinski definition) is 19. The fourth-order valence-corrected chi connectivity index (χ4v) is 9.54. The second kappa shape index (κ2) is 16.0. The van der Waals surface area contributed by atoms with Gasteiger partial charge in [0.25, 0.3) is 0 Å². The molecule has 2 aliphatic carbocycles. The minimum absolute atomic E-state index is 0.0258. The number of hydrogen-bond donors (Lipinski definition) is 6. The molecule has 6 N–H and O–H groups in total. The molecular weight excluding hydrogens is 851 g/mol. The Morgan fingerprint density at radius 3 is 1.48 bits per heavy atom. The van der Waals surface area contributed by atoms with Gasteiger partial charge in [0, 0.05) is 51.1 Å². The van der Waals surface area contributed by atoms with Crippen molar-refractivity contribution in [3.8, 4) is 0 Å². The van der Waals surface area contributed by atoms with Crippen molar-refractivity contribution >= 4 is 63.2 Å². The van der Waals surface area contributed by atoms with Crippen molar-refractivity contribution in [1.82, 2.24) is 89.3 Å². The van der Waals surface area contributed by atoms with E-state index in [0.29, 0.717) is 110 Å². The smallest absolute Gasteiger partial charge is 0.320 e. The summed E-state index contributed by atoms with van der Waals surface area (Å²) in [7, 11) is 0. The van der Waals surface area contributed by atoms with Crippen LogP contribution in [0.4, 0.5) is 16.4 Å². The maximum Gasteiger partial charge on any atom is 0.320 e. The molecule has 4 fully saturated rings. The van der Waals surface area contributed by atoms with Crippen molar-refractivity contribution < 1.29 is 25.2 Å². The number of aromatic nitrogens is 16. The van der Waals surface area contributed by atoms with Crippen LogP contribution in [-0.4, -0.2) is 178 Å². The number of tetrazole rings is 2. The minimum Gasteiger partial charge on any atom is -0.388 e. The van der Waals surface area contributed by atoms with Gasteiger partial charge in [-0.15, -0.1) is 20.4 Å². The molecule has 328 valence electrons. The van der Waals surface area contributed by atoms with Gasteiger partial charge in [0.15, 0.2) is 45.6 Å². The molecule has 25 nitrogen and oxygen atoms in total. The average Bonchev–Trinajstić information content (AvgIpc) is 4.12. The molecule has 0 radical (unpaired) electrons. The van der Waals surface area contributed by atoms with Gasteiger partial charge >= 0.3 is 6.03 Å². The lowest BCUT2D eigenvalue weighted by Gasteiger charge is -2.25. The van der Waals surface area contributed by atoms with E-state index >= 15 is 0 Å². The van der Waals surface area contributed by atoms with Crippen molar-refractivity contribution in [2.24, 2.45) is 0 Å². The molecule has 2 saturated heterocycles. The number of anilines is 2. The maximum absolute atomic E-state index is 13.8. The van der Waals surface area contributed by atoms with Crippen LogP contribution in [0.25, 0.3) is 22.3 Å². The number of carbonyl (C=O) groups excluding carboxylic acids is 1. The van der Waals surface area contributed by atoms with E-state index in [4.69, 9.17) is 23.2 Å². The number of nitrogens with one attached hydrogen (secondary N) is 2. The Kier molecular flexibility index (Phi) is 10.5. The summed E-state index contributed by atoms with van der Waals surface area (Å²) < 4.78 is 3.38. The van der Waals surface area contributed by atoms with Crippen LogP contribution in [0.15, 0.2) is 12.7 Å². The number of halogens is 2. The van der Waals surface area contributed by atoms with E-state index in [0.717, 1.165) is 0 Å². The summed E-state index contributed by atoms with van der Waals surface area (Å²) in [6.45, 7) is 5.66. The molecule has 27 heteroatoms. The summed E-state index contributed by atoms with van der Waals surface area (Å²) in [6.07, 6.45) is 1.54. The molecule has 4 aliphatic rings. The van der Waals surface area contributed by atoms with Gasteiger partial charge in [0.1, 0.15) is 36.5 Å². The highest BCUT2D eigenvalue weighted by atomic mass is 35.5. The molecule has 8 heterocycles. The van der Waals surface area contributed by atoms with Gasteiger partial charge in [-0.25, -0.2) is 14.8 Å². The summed E-state index contributed by atoms with van der Waals surface area (Å²) in [5.41, 5.74) is 1.64. The van der Waals surface area contributed by atoms with Crippen molar-refractivity contribution in [3.63, 3.8) is 0 Å².